The number of hydrogen-bond acceptors (Lipinski definition) is 5. The van der Waals surface area contributed by atoms with E-state index in [1.165, 1.54) is 6.07 Å². The molecule has 4 heterocycles. The van der Waals surface area contributed by atoms with Crippen LogP contribution in [0.25, 0.3) is 22.3 Å². The molecule has 2 aliphatic rings. The largest absolute Gasteiger partial charge is 0.460 e. The molecule has 1 atom stereocenters. The zero-order chi connectivity index (χ0) is 24.4. The topological polar surface area (TPSA) is 81.4 Å². The molecule has 0 aliphatic carbocycles. The number of nitrogens with zero attached hydrogens (tertiary/aromatic N) is 2. The van der Waals surface area contributed by atoms with Gasteiger partial charge in [0.1, 0.15) is 12.2 Å². The summed E-state index contributed by atoms with van der Waals surface area (Å²) in [5.74, 6) is -2.10. The van der Waals surface area contributed by atoms with Gasteiger partial charge in [-0.3, -0.25) is 9.59 Å². The van der Waals surface area contributed by atoms with Crippen molar-refractivity contribution in [3.63, 3.8) is 0 Å². The summed E-state index contributed by atoms with van der Waals surface area (Å²) in [5, 5.41) is 11.8. The third-order valence-electron chi connectivity index (χ3n) is 7.08. The summed E-state index contributed by atoms with van der Waals surface area (Å²) in [5.41, 5.74) is 1.70. The minimum Gasteiger partial charge on any atom is -0.460 e. The highest BCUT2D eigenvalue weighted by molar-refractivity contribution is 5.88. The molecule has 6 nitrogen and oxygen atoms in total. The molecule has 34 heavy (non-hydrogen) atoms. The number of halogens is 2. The van der Waals surface area contributed by atoms with Gasteiger partial charge in [0, 0.05) is 17.0 Å². The lowest BCUT2D eigenvalue weighted by molar-refractivity contribution is -0.149. The number of benzene rings is 1. The van der Waals surface area contributed by atoms with E-state index in [1.807, 2.05) is 0 Å². The number of pyridine rings is 2. The third kappa shape index (κ3) is 3.43. The van der Waals surface area contributed by atoms with Crippen molar-refractivity contribution in [1.82, 2.24) is 9.55 Å². The summed E-state index contributed by atoms with van der Waals surface area (Å²) in [4.78, 5) is 30.3. The summed E-state index contributed by atoms with van der Waals surface area (Å²) in [7, 11) is 0. The van der Waals surface area contributed by atoms with E-state index >= 15 is 0 Å². The minimum absolute atomic E-state index is 0.210. The van der Waals surface area contributed by atoms with E-state index < -0.39 is 23.2 Å². The number of cyclic esters (lactones) is 1. The molecule has 0 fully saturated rings. The Morgan fingerprint density at radius 2 is 1.91 bits per heavy atom. The summed E-state index contributed by atoms with van der Waals surface area (Å²) >= 11 is 0. The number of fused-ring (bicyclic) bond motifs is 5. The van der Waals surface area contributed by atoms with Crippen molar-refractivity contribution < 1.29 is 23.4 Å². The van der Waals surface area contributed by atoms with Gasteiger partial charge in [-0.2, -0.15) is 0 Å². The van der Waals surface area contributed by atoms with Crippen molar-refractivity contribution in [1.29, 1.82) is 0 Å². The first-order valence-electron chi connectivity index (χ1n) is 11.6. The van der Waals surface area contributed by atoms with Crippen molar-refractivity contribution in [2.75, 3.05) is 0 Å². The maximum absolute atomic E-state index is 14.2. The van der Waals surface area contributed by atoms with Crippen LogP contribution in [-0.2, 0) is 34.7 Å². The molecule has 1 N–H and O–H groups in total. The lowest BCUT2D eigenvalue weighted by atomic mass is 9.85. The highest BCUT2D eigenvalue weighted by atomic mass is 19.2. The fourth-order valence-electron chi connectivity index (χ4n) is 5.07. The van der Waals surface area contributed by atoms with Crippen LogP contribution in [0.5, 0.6) is 0 Å². The average Bonchev–Trinajstić information content (AvgIpc) is 3.08. The average molecular weight is 469 g/mol. The van der Waals surface area contributed by atoms with E-state index in [1.54, 1.807) is 17.6 Å². The normalized spacial score (nSPS) is 19.1. The van der Waals surface area contributed by atoms with Gasteiger partial charge in [0.2, 0.25) is 0 Å². The highest BCUT2D eigenvalue weighted by Crippen LogP contribution is 2.41. The minimum atomic E-state index is -1.53. The number of hydrogen-bond donors (Lipinski definition) is 1. The molecule has 8 heteroatoms. The van der Waals surface area contributed by atoms with Gasteiger partial charge in [0.25, 0.3) is 5.56 Å². The Balaban J connectivity index is 1.79. The van der Waals surface area contributed by atoms with Crippen molar-refractivity contribution in [2.24, 2.45) is 5.92 Å². The molecule has 0 saturated heterocycles. The van der Waals surface area contributed by atoms with E-state index in [0.29, 0.717) is 40.2 Å². The number of ether oxygens (including phenoxy) is 1. The van der Waals surface area contributed by atoms with Crippen LogP contribution < -0.4 is 5.56 Å². The number of aliphatic hydroxyl groups is 1. The Kier molecular flexibility index (Phi) is 5.31. The summed E-state index contributed by atoms with van der Waals surface area (Å²) in [6.45, 7) is 5.94. The van der Waals surface area contributed by atoms with E-state index in [0.717, 1.165) is 23.6 Å². The van der Waals surface area contributed by atoms with Crippen LogP contribution in [-0.4, -0.2) is 20.6 Å². The predicted octanol–water partition coefficient (Wildman–Crippen LogP) is 4.34. The lowest BCUT2D eigenvalue weighted by Gasteiger charge is -2.26. The van der Waals surface area contributed by atoms with E-state index in [9.17, 15) is 23.5 Å². The summed E-state index contributed by atoms with van der Waals surface area (Å²) in [6, 6.07) is 3.98. The molecule has 5 rings (SSSR count). The number of aryl methyl sites for hydroxylation is 1. The molecule has 0 spiro atoms. The number of esters is 1. The zero-order valence-electron chi connectivity index (χ0n) is 19.4. The molecule has 178 valence electrons. The lowest BCUT2D eigenvalue weighted by Crippen LogP contribution is -2.32. The first-order chi connectivity index (χ1) is 16.1. The molecule has 0 saturated carbocycles. The van der Waals surface area contributed by atoms with Gasteiger partial charge in [0.05, 0.1) is 35.4 Å². The molecule has 0 amide bonds. The molecule has 0 unspecified atom stereocenters. The van der Waals surface area contributed by atoms with Crippen LogP contribution in [0.15, 0.2) is 23.0 Å². The molecule has 3 aromatic rings. The molecule has 0 bridgehead atoms. The standard InChI is InChI=1S/C26H26F2N2O4/c1-4-26(33)10-23(31)34-12-17-18(26)8-22-24-16(11-30(22)25(17)32)14(6-5-13(2)3)15-7-19(27)20(28)9-21(15)29-24/h7-9,13,33H,4-6,10-12H2,1-3H3/t26-/m1/s1. The van der Waals surface area contributed by atoms with Gasteiger partial charge in [0.15, 0.2) is 11.6 Å². The number of rotatable bonds is 4. The maximum atomic E-state index is 14.2. The quantitative estimate of drug-likeness (QED) is 0.451. The second-order valence-corrected chi connectivity index (χ2v) is 9.67. The Morgan fingerprint density at radius 1 is 1.18 bits per heavy atom. The Morgan fingerprint density at radius 3 is 2.62 bits per heavy atom. The van der Waals surface area contributed by atoms with E-state index in [4.69, 9.17) is 4.74 Å². The van der Waals surface area contributed by atoms with Crippen molar-refractivity contribution >= 4 is 16.9 Å². The Hall–Kier alpha value is -3.13. The van der Waals surface area contributed by atoms with E-state index in [-0.39, 0.29) is 37.1 Å². The molecule has 1 aromatic carbocycles. The van der Waals surface area contributed by atoms with E-state index in [2.05, 4.69) is 18.8 Å². The van der Waals surface area contributed by atoms with Gasteiger partial charge < -0.3 is 14.4 Å². The van der Waals surface area contributed by atoms with Crippen molar-refractivity contribution in [2.45, 2.75) is 65.2 Å². The number of carbonyl (C=O) groups is 1. The van der Waals surface area contributed by atoms with Crippen LogP contribution in [0.1, 0.15) is 62.3 Å². The van der Waals surface area contributed by atoms with Crippen LogP contribution in [0.3, 0.4) is 0 Å². The second-order valence-electron chi connectivity index (χ2n) is 9.67. The monoisotopic (exact) mass is 468 g/mol. The number of aromatic nitrogens is 2. The summed E-state index contributed by atoms with van der Waals surface area (Å²) < 4.78 is 35.1. The molecular formula is C26H26F2N2O4. The Bertz CT molecular complexity index is 1410. The van der Waals surface area contributed by atoms with Crippen LogP contribution >= 0.6 is 0 Å². The number of carbonyl (C=O) groups excluding carboxylic acids is 1. The van der Waals surface area contributed by atoms with Crippen LogP contribution in [0, 0.1) is 17.6 Å². The maximum Gasteiger partial charge on any atom is 0.309 e. The Labute approximate surface area is 195 Å². The van der Waals surface area contributed by atoms with Gasteiger partial charge in [-0.1, -0.05) is 20.8 Å². The predicted molar refractivity (Wildman–Crippen MR) is 122 cm³/mol. The second kappa shape index (κ2) is 7.98. The first-order valence-corrected chi connectivity index (χ1v) is 11.6. The van der Waals surface area contributed by atoms with Crippen LogP contribution in [0.2, 0.25) is 0 Å². The van der Waals surface area contributed by atoms with Crippen molar-refractivity contribution in [3.05, 3.63) is 62.4 Å². The fourth-order valence-corrected chi connectivity index (χ4v) is 5.07. The molecular weight excluding hydrogens is 442 g/mol. The fraction of sp³-hybridized carbons (Fsp3) is 0.423. The van der Waals surface area contributed by atoms with Gasteiger partial charge >= 0.3 is 5.97 Å². The van der Waals surface area contributed by atoms with Gasteiger partial charge in [-0.15, -0.1) is 0 Å². The van der Waals surface area contributed by atoms with Crippen molar-refractivity contribution in [3.8, 4) is 11.4 Å². The highest BCUT2D eigenvalue weighted by Gasteiger charge is 2.39. The SMILES string of the molecule is CC[C@@]1(O)CC(=O)OCc2c1cc1n(c2=O)Cc2c-1nc1cc(F)c(F)cc1c2CCC(C)C. The summed E-state index contributed by atoms with van der Waals surface area (Å²) in [6.07, 6.45) is 1.43. The molecule has 0 radical (unpaired) electrons. The first kappa shape index (κ1) is 22.7. The zero-order valence-corrected chi connectivity index (χ0v) is 19.4. The molecule has 2 aliphatic heterocycles. The van der Waals surface area contributed by atoms with Gasteiger partial charge in [-0.25, -0.2) is 13.8 Å². The van der Waals surface area contributed by atoms with Gasteiger partial charge in [-0.05, 0) is 48.4 Å². The van der Waals surface area contributed by atoms with Crippen LogP contribution in [0.4, 0.5) is 8.78 Å². The third-order valence-corrected chi connectivity index (χ3v) is 7.08. The molecule has 2 aromatic heterocycles. The smallest absolute Gasteiger partial charge is 0.309 e.